The average Bonchev–Trinajstić information content (AvgIpc) is 2.38. The van der Waals surface area contributed by atoms with Gasteiger partial charge in [-0.1, -0.05) is 38.2 Å². The summed E-state index contributed by atoms with van der Waals surface area (Å²) >= 11 is 0. The topological polar surface area (TPSA) is 24.9 Å². The van der Waals surface area contributed by atoms with Gasteiger partial charge in [0.05, 0.1) is 5.69 Å². The second-order valence-corrected chi connectivity index (χ2v) is 5.30. The molecule has 1 fully saturated rings. The molecule has 0 aliphatic heterocycles. The Morgan fingerprint density at radius 2 is 2.06 bits per heavy atom. The van der Waals surface area contributed by atoms with Gasteiger partial charge < -0.3 is 5.32 Å². The first-order valence-electron chi connectivity index (χ1n) is 6.97. The van der Waals surface area contributed by atoms with Crippen LogP contribution in [0.15, 0.2) is 18.3 Å². The molecule has 0 spiro atoms. The Balaban J connectivity index is 1.60. The van der Waals surface area contributed by atoms with Crippen LogP contribution in [-0.2, 0) is 6.54 Å². The lowest BCUT2D eigenvalue weighted by molar-refractivity contribution is 0.333. The van der Waals surface area contributed by atoms with Crippen molar-refractivity contribution in [1.82, 2.24) is 10.3 Å². The molecular formula is C15H24N2. The summed E-state index contributed by atoms with van der Waals surface area (Å²) < 4.78 is 0. The molecule has 1 aliphatic rings. The molecule has 1 heterocycles. The van der Waals surface area contributed by atoms with E-state index in [1.54, 1.807) is 0 Å². The van der Waals surface area contributed by atoms with E-state index >= 15 is 0 Å². The third-order valence-corrected chi connectivity index (χ3v) is 3.73. The molecular weight excluding hydrogens is 208 g/mol. The molecule has 0 saturated heterocycles. The molecule has 1 aromatic rings. The van der Waals surface area contributed by atoms with Crippen molar-refractivity contribution in [2.24, 2.45) is 5.92 Å². The van der Waals surface area contributed by atoms with E-state index in [1.165, 1.54) is 44.1 Å². The lowest BCUT2D eigenvalue weighted by atomic mass is 9.87. The summed E-state index contributed by atoms with van der Waals surface area (Å²) in [6.07, 6.45) is 10.5. The van der Waals surface area contributed by atoms with E-state index in [0.717, 1.165) is 24.7 Å². The standard InChI is InChI=1S/C15H24N2/c1-13-7-8-15(17-11-13)12-16-10-9-14-5-3-2-4-6-14/h7-8,11,14,16H,2-6,9-10,12H2,1H3. The molecule has 0 atom stereocenters. The molecule has 0 radical (unpaired) electrons. The van der Waals surface area contributed by atoms with Gasteiger partial charge in [0.25, 0.3) is 0 Å². The molecule has 0 bridgehead atoms. The quantitative estimate of drug-likeness (QED) is 0.787. The predicted octanol–water partition coefficient (Wildman–Crippen LogP) is 3.45. The fourth-order valence-electron chi connectivity index (χ4n) is 2.60. The summed E-state index contributed by atoms with van der Waals surface area (Å²) in [6, 6.07) is 4.24. The third-order valence-electron chi connectivity index (χ3n) is 3.73. The highest BCUT2D eigenvalue weighted by Gasteiger charge is 2.12. The monoisotopic (exact) mass is 232 g/mol. The van der Waals surface area contributed by atoms with Crippen LogP contribution in [0.5, 0.6) is 0 Å². The van der Waals surface area contributed by atoms with Crippen molar-refractivity contribution in [3.63, 3.8) is 0 Å². The number of rotatable bonds is 5. The van der Waals surface area contributed by atoms with E-state index in [9.17, 15) is 0 Å². The molecule has 2 rings (SSSR count). The van der Waals surface area contributed by atoms with Crippen molar-refractivity contribution in [2.75, 3.05) is 6.54 Å². The Morgan fingerprint density at radius 3 is 2.76 bits per heavy atom. The SMILES string of the molecule is Cc1ccc(CNCCC2CCCCC2)nc1. The van der Waals surface area contributed by atoms with Gasteiger partial charge in [0.2, 0.25) is 0 Å². The maximum Gasteiger partial charge on any atom is 0.0541 e. The van der Waals surface area contributed by atoms with Crippen molar-refractivity contribution in [3.8, 4) is 0 Å². The predicted molar refractivity (Wildman–Crippen MR) is 71.9 cm³/mol. The van der Waals surface area contributed by atoms with E-state index in [1.807, 2.05) is 6.20 Å². The van der Waals surface area contributed by atoms with Crippen LogP contribution in [0.25, 0.3) is 0 Å². The highest BCUT2D eigenvalue weighted by molar-refractivity contribution is 5.11. The molecule has 2 heteroatoms. The Kier molecular flexibility index (Phi) is 4.99. The van der Waals surface area contributed by atoms with Crippen LogP contribution in [0.3, 0.4) is 0 Å². The zero-order valence-corrected chi connectivity index (χ0v) is 10.9. The van der Waals surface area contributed by atoms with Gasteiger partial charge in [0.1, 0.15) is 0 Å². The van der Waals surface area contributed by atoms with Crippen molar-refractivity contribution < 1.29 is 0 Å². The first kappa shape index (κ1) is 12.6. The molecule has 17 heavy (non-hydrogen) atoms. The summed E-state index contributed by atoms with van der Waals surface area (Å²) in [5, 5.41) is 3.51. The van der Waals surface area contributed by atoms with Crippen molar-refractivity contribution in [2.45, 2.75) is 52.0 Å². The molecule has 1 saturated carbocycles. The van der Waals surface area contributed by atoms with Crippen LogP contribution in [0, 0.1) is 12.8 Å². The van der Waals surface area contributed by atoms with Gasteiger partial charge in [-0.15, -0.1) is 0 Å². The fraction of sp³-hybridized carbons (Fsp3) is 0.667. The Labute approximate surface area is 105 Å². The molecule has 94 valence electrons. The summed E-state index contributed by atoms with van der Waals surface area (Å²) in [6.45, 7) is 4.13. The van der Waals surface area contributed by atoms with Crippen LogP contribution in [-0.4, -0.2) is 11.5 Å². The van der Waals surface area contributed by atoms with Crippen LogP contribution in [0.4, 0.5) is 0 Å². The number of nitrogens with zero attached hydrogens (tertiary/aromatic N) is 1. The minimum absolute atomic E-state index is 0.910. The van der Waals surface area contributed by atoms with Crippen molar-refractivity contribution in [3.05, 3.63) is 29.6 Å². The lowest BCUT2D eigenvalue weighted by Crippen LogP contribution is -2.19. The summed E-state index contributed by atoms with van der Waals surface area (Å²) in [7, 11) is 0. The molecule has 1 aromatic heterocycles. The number of pyridine rings is 1. The lowest BCUT2D eigenvalue weighted by Gasteiger charge is -2.21. The first-order chi connectivity index (χ1) is 8.34. The second-order valence-electron chi connectivity index (χ2n) is 5.30. The normalized spacial score (nSPS) is 17.2. The van der Waals surface area contributed by atoms with E-state index < -0.39 is 0 Å². The first-order valence-corrected chi connectivity index (χ1v) is 6.97. The fourth-order valence-corrected chi connectivity index (χ4v) is 2.60. The Morgan fingerprint density at radius 1 is 1.24 bits per heavy atom. The van der Waals surface area contributed by atoms with Gasteiger partial charge in [-0.2, -0.15) is 0 Å². The highest BCUT2D eigenvalue weighted by Crippen LogP contribution is 2.25. The zero-order chi connectivity index (χ0) is 11.9. The third kappa shape index (κ3) is 4.47. The number of hydrogen-bond acceptors (Lipinski definition) is 2. The second kappa shape index (κ2) is 6.75. The Bertz CT molecular complexity index is 312. The van der Waals surface area contributed by atoms with Crippen LogP contribution >= 0.6 is 0 Å². The number of aromatic nitrogens is 1. The molecule has 1 aliphatic carbocycles. The van der Waals surface area contributed by atoms with Gasteiger partial charge >= 0.3 is 0 Å². The van der Waals surface area contributed by atoms with E-state index in [0.29, 0.717) is 0 Å². The van der Waals surface area contributed by atoms with E-state index in [4.69, 9.17) is 0 Å². The Hall–Kier alpha value is -0.890. The number of hydrogen-bond donors (Lipinski definition) is 1. The smallest absolute Gasteiger partial charge is 0.0541 e. The van der Waals surface area contributed by atoms with Crippen LogP contribution in [0.1, 0.15) is 49.8 Å². The summed E-state index contributed by atoms with van der Waals surface area (Å²) in [4.78, 5) is 4.40. The molecule has 1 N–H and O–H groups in total. The van der Waals surface area contributed by atoms with E-state index in [2.05, 4.69) is 29.4 Å². The van der Waals surface area contributed by atoms with Gasteiger partial charge in [-0.3, -0.25) is 4.98 Å². The van der Waals surface area contributed by atoms with Crippen LogP contribution < -0.4 is 5.32 Å². The number of nitrogens with one attached hydrogen (secondary N) is 1. The van der Waals surface area contributed by atoms with Gasteiger partial charge in [-0.25, -0.2) is 0 Å². The minimum atomic E-state index is 0.910. The maximum atomic E-state index is 4.40. The molecule has 2 nitrogen and oxygen atoms in total. The number of aryl methyl sites for hydroxylation is 1. The zero-order valence-electron chi connectivity index (χ0n) is 10.9. The largest absolute Gasteiger partial charge is 0.311 e. The molecule has 0 amide bonds. The maximum absolute atomic E-state index is 4.40. The van der Waals surface area contributed by atoms with Gasteiger partial charge in [0, 0.05) is 12.7 Å². The van der Waals surface area contributed by atoms with Crippen molar-refractivity contribution in [1.29, 1.82) is 0 Å². The van der Waals surface area contributed by atoms with Gasteiger partial charge in [-0.05, 0) is 37.4 Å². The summed E-state index contributed by atoms with van der Waals surface area (Å²) in [5.41, 5.74) is 2.38. The average molecular weight is 232 g/mol. The van der Waals surface area contributed by atoms with Crippen LogP contribution in [0.2, 0.25) is 0 Å². The molecule has 0 aromatic carbocycles. The molecule has 0 unspecified atom stereocenters. The van der Waals surface area contributed by atoms with Crippen molar-refractivity contribution >= 4 is 0 Å². The highest BCUT2D eigenvalue weighted by atomic mass is 14.9. The summed E-state index contributed by atoms with van der Waals surface area (Å²) in [5.74, 6) is 0.974. The minimum Gasteiger partial charge on any atom is -0.311 e. The van der Waals surface area contributed by atoms with E-state index in [-0.39, 0.29) is 0 Å². The van der Waals surface area contributed by atoms with Gasteiger partial charge in [0.15, 0.2) is 0 Å².